The van der Waals surface area contributed by atoms with Gasteiger partial charge in [-0.25, -0.2) is 0 Å². The van der Waals surface area contributed by atoms with Crippen molar-refractivity contribution < 1.29 is 14.4 Å². The Morgan fingerprint density at radius 1 is 0.935 bits per heavy atom. The van der Waals surface area contributed by atoms with Gasteiger partial charge in [-0.1, -0.05) is 51.0 Å². The number of fused-ring (bicyclic) bond motifs is 1. The van der Waals surface area contributed by atoms with Crippen molar-refractivity contribution >= 4 is 17.7 Å². The van der Waals surface area contributed by atoms with Gasteiger partial charge in [0.1, 0.15) is 0 Å². The maximum Gasteiger partial charge on any atom is 0.233 e. The second-order valence-corrected chi connectivity index (χ2v) is 9.63. The van der Waals surface area contributed by atoms with E-state index in [0.717, 1.165) is 45.3 Å². The predicted molar refractivity (Wildman–Crippen MR) is 119 cm³/mol. The van der Waals surface area contributed by atoms with Crippen molar-refractivity contribution in [3.63, 3.8) is 0 Å². The van der Waals surface area contributed by atoms with Crippen LogP contribution in [0.3, 0.4) is 0 Å². The molecule has 6 heteroatoms. The summed E-state index contributed by atoms with van der Waals surface area (Å²) >= 11 is 0. The highest BCUT2D eigenvalue weighted by Gasteiger charge is 2.47. The molecular weight excluding hydrogens is 390 g/mol. The average Bonchev–Trinajstić information content (AvgIpc) is 3.03. The van der Waals surface area contributed by atoms with Crippen LogP contribution >= 0.6 is 0 Å². The molecule has 1 saturated carbocycles. The van der Waals surface area contributed by atoms with Crippen LogP contribution in [0.2, 0.25) is 0 Å². The lowest BCUT2D eigenvalue weighted by Crippen LogP contribution is -2.49. The number of hydrogen-bond acceptors (Lipinski definition) is 4. The van der Waals surface area contributed by atoms with E-state index in [-0.39, 0.29) is 42.5 Å². The minimum absolute atomic E-state index is 0.0456. The smallest absolute Gasteiger partial charge is 0.233 e. The quantitative estimate of drug-likeness (QED) is 0.658. The number of hydrogen-bond donors (Lipinski definition) is 0. The van der Waals surface area contributed by atoms with E-state index in [0.29, 0.717) is 19.0 Å². The summed E-state index contributed by atoms with van der Waals surface area (Å²) in [5, 5.41) is 0. The molecule has 2 heterocycles. The third-order valence-electron chi connectivity index (χ3n) is 7.26. The van der Waals surface area contributed by atoms with Crippen molar-refractivity contribution in [1.82, 2.24) is 14.7 Å². The maximum absolute atomic E-state index is 12.7. The monoisotopic (exact) mass is 425 g/mol. The zero-order valence-electron chi connectivity index (χ0n) is 18.9. The van der Waals surface area contributed by atoms with Crippen molar-refractivity contribution in [3.05, 3.63) is 35.4 Å². The molecule has 1 aliphatic carbocycles. The Kier molecular flexibility index (Phi) is 6.75. The zero-order chi connectivity index (χ0) is 22.0. The number of amides is 3. The van der Waals surface area contributed by atoms with Crippen molar-refractivity contribution in [2.75, 3.05) is 32.7 Å². The van der Waals surface area contributed by atoms with Crippen LogP contribution < -0.4 is 0 Å². The molecule has 0 unspecified atom stereocenters. The van der Waals surface area contributed by atoms with Crippen LogP contribution in [0.15, 0.2) is 24.3 Å². The first-order valence-electron chi connectivity index (χ1n) is 11.9. The summed E-state index contributed by atoms with van der Waals surface area (Å²) in [7, 11) is 0. The van der Waals surface area contributed by atoms with E-state index < -0.39 is 0 Å². The number of likely N-dealkylation sites (tertiary alicyclic amines) is 1. The zero-order valence-corrected chi connectivity index (χ0v) is 18.9. The first-order chi connectivity index (χ1) is 14.9. The molecule has 31 heavy (non-hydrogen) atoms. The van der Waals surface area contributed by atoms with Crippen LogP contribution in [0.1, 0.15) is 63.0 Å². The minimum atomic E-state index is -0.130. The summed E-state index contributed by atoms with van der Waals surface area (Å²) in [4.78, 5) is 43.5. The van der Waals surface area contributed by atoms with Gasteiger partial charge >= 0.3 is 0 Å². The van der Waals surface area contributed by atoms with Gasteiger partial charge in [0.15, 0.2) is 0 Å². The minimum Gasteiger partial charge on any atom is -0.340 e. The van der Waals surface area contributed by atoms with Gasteiger partial charge in [-0.05, 0) is 29.9 Å². The number of carbonyl (C=O) groups is 3. The van der Waals surface area contributed by atoms with Crippen LogP contribution in [-0.4, -0.2) is 65.1 Å². The van der Waals surface area contributed by atoms with Gasteiger partial charge in [0, 0.05) is 45.7 Å². The molecule has 0 N–H and O–H groups in total. The first kappa shape index (κ1) is 22.0. The Bertz CT molecular complexity index is 788. The van der Waals surface area contributed by atoms with Crippen LogP contribution in [0.25, 0.3) is 0 Å². The van der Waals surface area contributed by atoms with Gasteiger partial charge in [0.25, 0.3) is 0 Å². The van der Waals surface area contributed by atoms with Gasteiger partial charge in [-0.15, -0.1) is 0 Å². The van der Waals surface area contributed by atoms with Crippen molar-refractivity contribution in [2.45, 2.75) is 58.4 Å². The molecule has 0 spiro atoms. The lowest BCUT2D eigenvalue weighted by Gasteiger charge is -2.35. The summed E-state index contributed by atoms with van der Waals surface area (Å²) in [6, 6.07) is 8.82. The van der Waals surface area contributed by atoms with E-state index in [1.165, 1.54) is 16.0 Å². The number of imide groups is 1. The maximum atomic E-state index is 12.7. The molecule has 2 atom stereocenters. The predicted octanol–water partition coefficient (Wildman–Crippen LogP) is 3.02. The molecule has 168 valence electrons. The Morgan fingerprint density at radius 2 is 1.52 bits per heavy atom. The topological polar surface area (TPSA) is 60.9 Å². The summed E-state index contributed by atoms with van der Waals surface area (Å²) in [5.41, 5.74) is 2.66. The van der Waals surface area contributed by atoms with E-state index >= 15 is 0 Å². The highest BCUT2D eigenvalue weighted by Crippen LogP contribution is 2.38. The molecule has 2 aliphatic heterocycles. The number of carbonyl (C=O) groups excluding carboxylic acids is 3. The Hall–Kier alpha value is -2.21. The second kappa shape index (κ2) is 9.51. The van der Waals surface area contributed by atoms with Crippen LogP contribution in [0, 0.1) is 11.8 Å². The highest BCUT2D eigenvalue weighted by molar-refractivity contribution is 6.05. The Balaban J connectivity index is 1.22. The first-order valence-corrected chi connectivity index (χ1v) is 11.9. The van der Waals surface area contributed by atoms with E-state index in [1.54, 1.807) is 0 Å². The molecule has 0 aromatic heterocycles. The molecule has 3 aliphatic rings. The third kappa shape index (κ3) is 4.84. The molecule has 0 bridgehead atoms. The van der Waals surface area contributed by atoms with Crippen LogP contribution in [0.4, 0.5) is 0 Å². The molecule has 2 saturated heterocycles. The molecule has 0 radical (unpaired) electrons. The van der Waals surface area contributed by atoms with E-state index in [1.807, 2.05) is 4.90 Å². The van der Waals surface area contributed by atoms with Gasteiger partial charge < -0.3 is 4.90 Å². The lowest BCUT2D eigenvalue weighted by molar-refractivity contribution is -0.141. The molecule has 3 fully saturated rings. The molecular formula is C25H35N3O3. The summed E-state index contributed by atoms with van der Waals surface area (Å²) in [5.74, 6) is 0.242. The molecule has 4 rings (SSSR count). The second-order valence-electron chi connectivity index (χ2n) is 9.63. The SMILES string of the molecule is CC(C)c1ccc(CN2CCN(C(=O)CCN3C(=O)[C@H]4CCCC[C@H]4C3=O)CC2)cc1. The largest absolute Gasteiger partial charge is 0.340 e. The van der Waals surface area contributed by atoms with Gasteiger partial charge in [0.2, 0.25) is 17.7 Å². The van der Waals surface area contributed by atoms with E-state index in [2.05, 4.69) is 43.0 Å². The van der Waals surface area contributed by atoms with E-state index in [4.69, 9.17) is 0 Å². The summed E-state index contributed by atoms with van der Waals surface area (Å²) in [6.45, 7) is 8.66. The number of nitrogens with zero attached hydrogens (tertiary/aromatic N) is 3. The molecule has 1 aromatic carbocycles. The Labute approximate surface area is 185 Å². The molecule has 6 nitrogen and oxygen atoms in total. The fourth-order valence-electron chi connectivity index (χ4n) is 5.24. The van der Waals surface area contributed by atoms with Crippen LogP contribution in [0.5, 0.6) is 0 Å². The van der Waals surface area contributed by atoms with Crippen molar-refractivity contribution in [2.24, 2.45) is 11.8 Å². The standard InChI is InChI=1S/C25H35N3O3/c1-18(2)20-9-7-19(8-10-20)17-26-13-15-27(16-14-26)23(29)11-12-28-24(30)21-5-3-4-6-22(21)25(28)31/h7-10,18,21-22H,3-6,11-17H2,1-2H3/t21-,22+. The van der Waals surface area contributed by atoms with Crippen molar-refractivity contribution in [1.29, 1.82) is 0 Å². The van der Waals surface area contributed by atoms with Gasteiger partial charge in [-0.3, -0.25) is 24.2 Å². The van der Waals surface area contributed by atoms with Gasteiger partial charge in [-0.2, -0.15) is 0 Å². The van der Waals surface area contributed by atoms with E-state index in [9.17, 15) is 14.4 Å². The normalized spacial score (nSPS) is 24.7. The fraction of sp³-hybridized carbons (Fsp3) is 0.640. The van der Waals surface area contributed by atoms with Gasteiger partial charge in [0.05, 0.1) is 11.8 Å². The molecule has 3 amide bonds. The third-order valence-corrected chi connectivity index (χ3v) is 7.26. The summed E-state index contributed by atoms with van der Waals surface area (Å²) < 4.78 is 0. The highest BCUT2D eigenvalue weighted by atomic mass is 16.2. The summed E-state index contributed by atoms with van der Waals surface area (Å²) in [6.07, 6.45) is 3.94. The molecule has 1 aromatic rings. The van der Waals surface area contributed by atoms with Crippen molar-refractivity contribution in [3.8, 4) is 0 Å². The van der Waals surface area contributed by atoms with Crippen LogP contribution in [-0.2, 0) is 20.9 Å². The average molecular weight is 426 g/mol. The Morgan fingerprint density at radius 3 is 2.06 bits per heavy atom. The number of piperazine rings is 1. The fourth-order valence-corrected chi connectivity index (χ4v) is 5.24. The lowest BCUT2D eigenvalue weighted by atomic mass is 9.81. The number of rotatable bonds is 6. The number of benzene rings is 1.